The van der Waals surface area contributed by atoms with Crippen LogP contribution in [0.2, 0.25) is 0 Å². The molecular weight excluding hydrogens is 360 g/mol. The van der Waals surface area contributed by atoms with Gasteiger partial charge < -0.3 is 0 Å². The van der Waals surface area contributed by atoms with Gasteiger partial charge in [0.15, 0.2) is 0 Å². The monoisotopic (exact) mass is 408 g/mol. The summed E-state index contributed by atoms with van der Waals surface area (Å²) in [5.41, 5.74) is 5.62. The quantitative estimate of drug-likeness (QED) is 0.368. The predicted molar refractivity (Wildman–Crippen MR) is 129 cm³/mol. The van der Waals surface area contributed by atoms with Crippen molar-refractivity contribution in [1.82, 2.24) is 0 Å². The summed E-state index contributed by atoms with van der Waals surface area (Å²) in [5, 5.41) is 0. The van der Waals surface area contributed by atoms with Crippen LogP contribution in [-0.4, -0.2) is 0 Å². The number of fused-ring (bicyclic) bond motifs is 1. The van der Waals surface area contributed by atoms with Crippen LogP contribution in [0.4, 0.5) is 0 Å². The van der Waals surface area contributed by atoms with Gasteiger partial charge in [-0.25, -0.2) is 0 Å². The molecular formula is C30H48. The summed E-state index contributed by atoms with van der Waals surface area (Å²) in [5.74, 6) is 2.94. The molecule has 0 amide bonds. The lowest BCUT2D eigenvalue weighted by Crippen LogP contribution is -2.33. The Balaban J connectivity index is 1.17. The van der Waals surface area contributed by atoms with Crippen LogP contribution in [0, 0.1) is 34.0 Å². The zero-order valence-corrected chi connectivity index (χ0v) is 20.4. The van der Waals surface area contributed by atoms with Gasteiger partial charge >= 0.3 is 0 Å². The topological polar surface area (TPSA) is 0 Å². The Bertz CT molecular complexity index is 683. The molecule has 0 bridgehead atoms. The van der Waals surface area contributed by atoms with Crippen molar-refractivity contribution in [2.75, 3.05) is 0 Å². The molecule has 0 aromatic heterocycles. The molecule has 0 aliphatic heterocycles. The summed E-state index contributed by atoms with van der Waals surface area (Å²) < 4.78 is 0. The lowest BCUT2D eigenvalue weighted by atomic mass is 9.62. The summed E-state index contributed by atoms with van der Waals surface area (Å²) in [6.45, 7) is 7.74. The Morgan fingerprint density at radius 3 is 2.47 bits per heavy atom. The smallest absolute Gasteiger partial charge is 0.0143 e. The maximum Gasteiger partial charge on any atom is -0.0143 e. The van der Waals surface area contributed by atoms with Crippen molar-refractivity contribution in [3.05, 3.63) is 23.3 Å². The number of hydrogen-bond acceptors (Lipinski definition) is 0. The molecule has 0 N–H and O–H groups in total. The molecule has 0 aromatic carbocycles. The minimum Gasteiger partial charge on any atom is -0.0697 e. The molecule has 3 unspecified atom stereocenters. The fraction of sp³-hybridized carbons (Fsp3) is 0.867. The molecule has 5 fully saturated rings. The van der Waals surface area contributed by atoms with Gasteiger partial charge in [-0.3, -0.25) is 0 Å². The van der Waals surface area contributed by atoms with Gasteiger partial charge in [0.05, 0.1) is 0 Å². The molecule has 30 heavy (non-hydrogen) atoms. The van der Waals surface area contributed by atoms with E-state index >= 15 is 0 Å². The van der Waals surface area contributed by atoms with Crippen LogP contribution >= 0.6 is 0 Å². The molecule has 1 spiro atoms. The van der Waals surface area contributed by atoms with E-state index < -0.39 is 0 Å². The standard InChI is InChI=1S/C30H48/c1-28(2,25-13-14-25)17-5-4-10-26-15-16-27-24(9-7-18-29(26,27)3)12-11-23-8-6-19-30(22-23)20-21-30/h11-12,25-27H,4-10,13-22H2,1-3H3/b23-11-,24-12+. The Labute approximate surface area is 187 Å². The van der Waals surface area contributed by atoms with Crippen LogP contribution in [0.5, 0.6) is 0 Å². The second kappa shape index (κ2) is 8.12. The first-order valence-electron chi connectivity index (χ1n) is 13.8. The first-order valence-corrected chi connectivity index (χ1v) is 13.8. The van der Waals surface area contributed by atoms with Gasteiger partial charge in [0, 0.05) is 0 Å². The largest absolute Gasteiger partial charge is 0.0697 e. The van der Waals surface area contributed by atoms with E-state index in [1.54, 1.807) is 5.57 Å². The second-order valence-electron chi connectivity index (χ2n) is 13.3. The Morgan fingerprint density at radius 2 is 1.70 bits per heavy atom. The van der Waals surface area contributed by atoms with Gasteiger partial charge in [0.25, 0.3) is 0 Å². The molecule has 0 radical (unpaired) electrons. The van der Waals surface area contributed by atoms with Crippen molar-refractivity contribution < 1.29 is 0 Å². The van der Waals surface area contributed by atoms with Gasteiger partial charge in [0.1, 0.15) is 0 Å². The van der Waals surface area contributed by atoms with E-state index in [0.717, 1.165) is 23.2 Å². The highest BCUT2D eigenvalue weighted by Crippen LogP contribution is 2.60. The number of unbranched alkanes of at least 4 members (excludes halogenated alkanes) is 1. The molecule has 3 atom stereocenters. The van der Waals surface area contributed by atoms with E-state index in [0.29, 0.717) is 10.8 Å². The lowest BCUT2D eigenvalue weighted by Gasteiger charge is -2.42. The van der Waals surface area contributed by atoms with Crippen molar-refractivity contribution >= 4 is 0 Å². The van der Waals surface area contributed by atoms with E-state index in [4.69, 9.17) is 0 Å². The molecule has 5 aliphatic carbocycles. The molecule has 0 aromatic rings. The zero-order chi connectivity index (χ0) is 20.8. The molecule has 0 heterocycles. The normalized spacial score (nSPS) is 38.4. The number of hydrogen-bond donors (Lipinski definition) is 0. The van der Waals surface area contributed by atoms with Crippen molar-refractivity contribution in [1.29, 1.82) is 0 Å². The lowest BCUT2D eigenvalue weighted by molar-refractivity contribution is 0.126. The third-order valence-corrected chi connectivity index (χ3v) is 10.8. The van der Waals surface area contributed by atoms with Crippen molar-refractivity contribution in [2.24, 2.45) is 34.0 Å². The highest BCUT2D eigenvalue weighted by Gasteiger charge is 2.49. The highest BCUT2D eigenvalue weighted by molar-refractivity contribution is 5.26. The summed E-state index contributed by atoms with van der Waals surface area (Å²) in [7, 11) is 0. The fourth-order valence-electron chi connectivity index (χ4n) is 8.18. The summed E-state index contributed by atoms with van der Waals surface area (Å²) in [4.78, 5) is 0. The van der Waals surface area contributed by atoms with Gasteiger partial charge in [-0.05, 0) is 130 Å². The number of rotatable bonds is 7. The molecule has 5 saturated carbocycles. The van der Waals surface area contributed by atoms with Crippen molar-refractivity contribution in [3.8, 4) is 0 Å². The molecule has 5 rings (SSSR count). The van der Waals surface area contributed by atoms with Gasteiger partial charge in [0.2, 0.25) is 0 Å². The third kappa shape index (κ3) is 4.36. The first-order chi connectivity index (χ1) is 14.4. The highest BCUT2D eigenvalue weighted by atomic mass is 14.5. The average molecular weight is 409 g/mol. The molecule has 5 aliphatic rings. The van der Waals surface area contributed by atoms with Crippen LogP contribution in [0.1, 0.15) is 130 Å². The summed E-state index contributed by atoms with van der Waals surface area (Å²) in [6.07, 6.45) is 30.3. The van der Waals surface area contributed by atoms with E-state index in [2.05, 4.69) is 32.9 Å². The third-order valence-electron chi connectivity index (χ3n) is 10.8. The van der Waals surface area contributed by atoms with Crippen LogP contribution < -0.4 is 0 Å². The summed E-state index contributed by atoms with van der Waals surface area (Å²) >= 11 is 0. The molecule has 0 nitrogen and oxygen atoms in total. The van der Waals surface area contributed by atoms with Crippen LogP contribution in [-0.2, 0) is 0 Å². The predicted octanol–water partition coefficient (Wildman–Crippen LogP) is 9.41. The van der Waals surface area contributed by atoms with Crippen molar-refractivity contribution in [3.63, 3.8) is 0 Å². The fourth-order valence-corrected chi connectivity index (χ4v) is 8.18. The molecule has 0 heteroatoms. The SMILES string of the molecule is CC(C)(CCCCC1CCC2/C(=C/C=C3/CCCC4(CC4)C3)CCCC12C)C1CC1. The Hall–Kier alpha value is -0.520. The van der Waals surface area contributed by atoms with Crippen LogP contribution in [0.25, 0.3) is 0 Å². The van der Waals surface area contributed by atoms with E-state index in [-0.39, 0.29) is 0 Å². The zero-order valence-electron chi connectivity index (χ0n) is 20.4. The minimum atomic E-state index is 0.610. The second-order valence-corrected chi connectivity index (χ2v) is 13.3. The van der Waals surface area contributed by atoms with E-state index in [9.17, 15) is 0 Å². The summed E-state index contributed by atoms with van der Waals surface area (Å²) in [6, 6.07) is 0. The Kier molecular flexibility index (Phi) is 5.77. The van der Waals surface area contributed by atoms with Gasteiger partial charge in [-0.15, -0.1) is 0 Å². The van der Waals surface area contributed by atoms with E-state index in [1.807, 2.05) is 5.57 Å². The van der Waals surface area contributed by atoms with Gasteiger partial charge in [-0.2, -0.15) is 0 Å². The minimum absolute atomic E-state index is 0.610. The van der Waals surface area contributed by atoms with Crippen LogP contribution in [0.15, 0.2) is 23.3 Å². The van der Waals surface area contributed by atoms with Crippen LogP contribution in [0.3, 0.4) is 0 Å². The average Bonchev–Trinajstić information content (AvgIpc) is 3.64. The first kappa shape index (κ1) is 21.3. The maximum absolute atomic E-state index is 2.68. The number of allylic oxidation sites excluding steroid dienone is 4. The molecule has 0 saturated heterocycles. The Morgan fingerprint density at radius 1 is 0.900 bits per heavy atom. The van der Waals surface area contributed by atoms with E-state index in [1.165, 1.54) is 109 Å². The van der Waals surface area contributed by atoms with Gasteiger partial charge in [-0.1, -0.05) is 56.9 Å². The van der Waals surface area contributed by atoms with Crippen molar-refractivity contribution in [2.45, 2.75) is 130 Å². The maximum atomic E-state index is 2.68. The molecule has 168 valence electrons.